The minimum atomic E-state index is -0.0252. The molecule has 19 heavy (non-hydrogen) atoms. The molecule has 1 saturated carbocycles. The summed E-state index contributed by atoms with van der Waals surface area (Å²) in [5, 5.41) is 4.42. The van der Waals surface area contributed by atoms with Gasteiger partial charge in [-0.2, -0.15) is 5.10 Å². The highest BCUT2D eigenvalue weighted by Gasteiger charge is 2.40. The van der Waals surface area contributed by atoms with E-state index in [1.165, 1.54) is 6.42 Å². The van der Waals surface area contributed by atoms with Crippen LogP contribution in [0.5, 0.6) is 0 Å². The van der Waals surface area contributed by atoms with Gasteiger partial charge >= 0.3 is 0 Å². The van der Waals surface area contributed by atoms with Gasteiger partial charge in [-0.3, -0.25) is 16.0 Å². The van der Waals surface area contributed by atoms with E-state index in [0.29, 0.717) is 6.04 Å². The highest BCUT2D eigenvalue weighted by atomic mass is 79.9. The fourth-order valence-corrected chi connectivity index (χ4v) is 3.31. The molecule has 5 nitrogen and oxygen atoms in total. The summed E-state index contributed by atoms with van der Waals surface area (Å²) in [5.74, 6) is 5.78. The fourth-order valence-electron chi connectivity index (χ4n) is 2.76. The molecule has 0 spiro atoms. The number of ether oxygens (including phenoxy) is 1. The molecule has 3 N–H and O–H groups in total. The first-order valence-corrected chi connectivity index (χ1v) is 7.56. The summed E-state index contributed by atoms with van der Waals surface area (Å²) in [6.45, 7) is 4.23. The van der Waals surface area contributed by atoms with Crippen LogP contribution >= 0.6 is 15.9 Å². The zero-order valence-electron chi connectivity index (χ0n) is 11.8. The number of nitrogens with two attached hydrogens (primary N) is 1. The van der Waals surface area contributed by atoms with Gasteiger partial charge in [0.05, 0.1) is 28.0 Å². The Labute approximate surface area is 123 Å². The molecular formula is C13H23BrN4O. The van der Waals surface area contributed by atoms with Gasteiger partial charge < -0.3 is 4.74 Å². The van der Waals surface area contributed by atoms with Crippen LogP contribution in [0, 0.1) is 0 Å². The predicted molar refractivity (Wildman–Crippen MR) is 78.6 cm³/mol. The maximum Gasteiger partial charge on any atom is 0.0713 e. The number of rotatable bonds is 6. The zero-order valence-corrected chi connectivity index (χ0v) is 13.4. The first-order chi connectivity index (χ1) is 9.03. The van der Waals surface area contributed by atoms with Gasteiger partial charge in [-0.15, -0.1) is 0 Å². The van der Waals surface area contributed by atoms with Crippen LogP contribution in [0.15, 0.2) is 10.7 Å². The minimum absolute atomic E-state index is 0.0252. The van der Waals surface area contributed by atoms with Crippen molar-refractivity contribution in [2.45, 2.75) is 57.2 Å². The van der Waals surface area contributed by atoms with E-state index in [1.807, 2.05) is 10.9 Å². The molecule has 1 aromatic heterocycles. The van der Waals surface area contributed by atoms with Gasteiger partial charge in [-0.25, -0.2) is 0 Å². The zero-order chi connectivity index (χ0) is 14.0. The molecule has 0 radical (unpaired) electrons. The van der Waals surface area contributed by atoms with Crippen molar-refractivity contribution < 1.29 is 4.74 Å². The van der Waals surface area contributed by atoms with E-state index in [2.05, 4.69) is 40.3 Å². The lowest BCUT2D eigenvalue weighted by atomic mass is 9.75. The summed E-state index contributed by atoms with van der Waals surface area (Å²) in [6.07, 6.45) is 6.15. The van der Waals surface area contributed by atoms with Gasteiger partial charge in [0, 0.05) is 13.2 Å². The molecule has 1 atom stereocenters. The first kappa shape index (κ1) is 15.0. The van der Waals surface area contributed by atoms with Crippen LogP contribution in [0.2, 0.25) is 0 Å². The van der Waals surface area contributed by atoms with E-state index in [9.17, 15) is 0 Å². The number of methoxy groups -OCH3 is 1. The molecular weight excluding hydrogens is 308 g/mol. The first-order valence-electron chi connectivity index (χ1n) is 6.77. The van der Waals surface area contributed by atoms with Gasteiger partial charge in [0.15, 0.2) is 0 Å². The average molecular weight is 331 g/mol. The Morgan fingerprint density at radius 1 is 1.58 bits per heavy atom. The average Bonchev–Trinajstić information content (AvgIpc) is 2.71. The van der Waals surface area contributed by atoms with Crippen molar-refractivity contribution in [3.8, 4) is 0 Å². The number of nitrogens with zero attached hydrogens (tertiary/aromatic N) is 2. The highest BCUT2D eigenvalue weighted by molar-refractivity contribution is 9.10. The SMILES string of the molecule is COC1(CC(NN)c2c(Br)cnn2C(C)C)CCC1. The van der Waals surface area contributed by atoms with E-state index in [-0.39, 0.29) is 11.6 Å². The lowest BCUT2D eigenvalue weighted by Gasteiger charge is -2.42. The summed E-state index contributed by atoms with van der Waals surface area (Å²) in [5.41, 5.74) is 4.00. The third-order valence-electron chi connectivity index (χ3n) is 4.08. The molecule has 0 saturated heterocycles. The molecule has 0 amide bonds. The second-order valence-corrected chi connectivity index (χ2v) is 6.43. The molecule has 0 bridgehead atoms. The quantitative estimate of drug-likeness (QED) is 0.621. The maximum absolute atomic E-state index is 5.78. The van der Waals surface area contributed by atoms with Crippen LogP contribution in [-0.4, -0.2) is 22.5 Å². The van der Waals surface area contributed by atoms with Crippen LogP contribution in [-0.2, 0) is 4.74 Å². The molecule has 1 heterocycles. The summed E-state index contributed by atoms with van der Waals surface area (Å²) in [7, 11) is 1.79. The van der Waals surface area contributed by atoms with Crippen molar-refractivity contribution in [3.63, 3.8) is 0 Å². The molecule has 1 unspecified atom stereocenters. The minimum Gasteiger partial charge on any atom is -0.378 e. The Morgan fingerprint density at radius 3 is 2.68 bits per heavy atom. The molecule has 2 rings (SSSR count). The van der Waals surface area contributed by atoms with Gasteiger partial charge in [-0.1, -0.05) is 0 Å². The van der Waals surface area contributed by atoms with E-state index in [0.717, 1.165) is 29.4 Å². The van der Waals surface area contributed by atoms with Crippen LogP contribution in [0.1, 0.15) is 57.3 Å². The molecule has 108 valence electrons. The summed E-state index contributed by atoms with van der Waals surface area (Å²) in [4.78, 5) is 0. The van der Waals surface area contributed by atoms with Crippen molar-refractivity contribution in [3.05, 3.63) is 16.4 Å². The van der Waals surface area contributed by atoms with Crippen molar-refractivity contribution in [2.75, 3.05) is 7.11 Å². The molecule has 0 aromatic carbocycles. The van der Waals surface area contributed by atoms with Gasteiger partial charge in [0.1, 0.15) is 0 Å². The second kappa shape index (κ2) is 5.91. The largest absolute Gasteiger partial charge is 0.378 e. The van der Waals surface area contributed by atoms with E-state index in [4.69, 9.17) is 10.6 Å². The van der Waals surface area contributed by atoms with Gasteiger partial charge in [-0.05, 0) is 55.5 Å². The number of halogens is 1. The van der Waals surface area contributed by atoms with Crippen molar-refractivity contribution >= 4 is 15.9 Å². The number of hydrogen-bond acceptors (Lipinski definition) is 4. The standard InChI is InChI=1S/C13H23BrN4O/c1-9(2)18-12(10(14)8-16-18)11(17-15)7-13(19-3)5-4-6-13/h8-9,11,17H,4-7,15H2,1-3H3. The Balaban J connectivity index is 2.24. The van der Waals surface area contributed by atoms with Crippen molar-refractivity contribution in [1.82, 2.24) is 15.2 Å². The van der Waals surface area contributed by atoms with Crippen LogP contribution in [0.3, 0.4) is 0 Å². The molecule has 1 fully saturated rings. The smallest absolute Gasteiger partial charge is 0.0713 e. The molecule has 6 heteroatoms. The van der Waals surface area contributed by atoms with Gasteiger partial charge in [0.25, 0.3) is 0 Å². The van der Waals surface area contributed by atoms with Crippen molar-refractivity contribution in [1.29, 1.82) is 0 Å². The summed E-state index contributed by atoms with van der Waals surface area (Å²) in [6, 6.07) is 0.344. The third kappa shape index (κ3) is 2.86. The molecule has 1 aromatic rings. The predicted octanol–water partition coefficient (Wildman–Crippen LogP) is 2.69. The third-order valence-corrected chi connectivity index (χ3v) is 4.69. The fraction of sp³-hybridized carbons (Fsp3) is 0.769. The van der Waals surface area contributed by atoms with Crippen LogP contribution in [0.25, 0.3) is 0 Å². The van der Waals surface area contributed by atoms with Crippen LogP contribution < -0.4 is 11.3 Å². The van der Waals surface area contributed by atoms with E-state index < -0.39 is 0 Å². The molecule has 0 aliphatic heterocycles. The monoisotopic (exact) mass is 330 g/mol. The highest BCUT2D eigenvalue weighted by Crippen LogP contribution is 2.42. The van der Waals surface area contributed by atoms with E-state index >= 15 is 0 Å². The summed E-state index contributed by atoms with van der Waals surface area (Å²) >= 11 is 3.58. The Bertz CT molecular complexity index is 423. The maximum atomic E-state index is 5.78. The van der Waals surface area contributed by atoms with Crippen LogP contribution in [0.4, 0.5) is 0 Å². The Hall–Kier alpha value is -0.430. The molecule has 1 aliphatic rings. The topological polar surface area (TPSA) is 65.1 Å². The number of hydrazine groups is 1. The second-order valence-electron chi connectivity index (χ2n) is 5.58. The van der Waals surface area contributed by atoms with Crippen molar-refractivity contribution in [2.24, 2.45) is 5.84 Å². The summed E-state index contributed by atoms with van der Waals surface area (Å²) < 4.78 is 8.71. The number of nitrogens with one attached hydrogen (secondary N) is 1. The Morgan fingerprint density at radius 2 is 2.26 bits per heavy atom. The number of hydrogen-bond donors (Lipinski definition) is 2. The van der Waals surface area contributed by atoms with Gasteiger partial charge in [0.2, 0.25) is 0 Å². The van der Waals surface area contributed by atoms with E-state index in [1.54, 1.807) is 7.11 Å². The normalized spacial score (nSPS) is 19.5. The lowest BCUT2D eigenvalue weighted by Crippen LogP contribution is -2.44. The Kier molecular flexibility index (Phi) is 4.66. The lowest BCUT2D eigenvalue weighted by molar-refractivity contribution is -0.0843. The number of aromatic nitrogens is 2. The molecule has 1 aliphatic carbocycles.